The molecule has 20 heteroatoms. The van der Waals surface area contributed by atoms with Crippen molar-refractivity contribution in [3.05, 3.63) is 218 Å². The average Bonchev–Trinajstić information content (AvgIpc) is 3.48. The largest absolute Gasteiger partial charge is 0.601 e. The Balaban J connectivity index is 1.24. The van der Waals surface area contributed by atoms with Crippen LogP contribution >= 0.6 is 39.1 Å². The maximum Gasteiger partial charge on any atom is 0.601 e. The second-order valence-corrected chi connectivity index (χ2v) is 23.6. The molecule has 2 heterocycles. The lowest BCUT2D eigenvalue weighted by Gasteiger charge is -2.28. The predicted molar refractivity (Wildman–Crippen MR) is 266 cm³/mol. The van der Waals surface area contributed by atoms with Crippen molar-refractivity contribution >= 4 is 39.1 Å². The Kier molecular flexibility index (Phi) is 13.3. The van der Waals surface area contributed by atoms with Gasteiger partial charge in [-0.3, -0.25) is 0 Å². The zero-order valence-corrected chi connectivity index (χ0v) is 40.7. The molecule has 0 radical (unpaired) electrons. The van der Waals surface area contributed by atoms with Crippen LogP contribution in [-0.2, 0) is 17.8 Å². The van der Waals surface area contributed by atoms with Crippen molar-refractivity contribution < 1.29 is 54.2 Å². The van der Waals surface area contributed by atoms with E-state index < -0.39 is 39.1 Å². The molecular weight excluding hydrogens is 977 g/mol. The number of methoxy groups -OCH3 is 1. The minimum Gasteiger partial charge on any atom is -0.496 e. The van der Waals surface area contributed by atoms with Crippen molar-refractivity contribution in [2.24, 2.45) is 13.5 Å². The van der Waals surface area contributed by atoms with Gasteiger partial charge in [-0.05, 0) is 72.8 Å². The first-order valence-electron chi connectivity index (χ1n) is 21.1. The van der Waals surface area contributed by atoms with E-state index in [1.807, 2.05) is 60.7 Å². The monoisotopic (exact) mass is 1020 g/mol. The average molecular weight is 1020 g/mol. The summed E-state index contributed by atoms with van der Waals surface area (Å²) in [6.07, 6.45) is 0. The van der Waals surface area contributed by atoms with Gasteiger partial charge in [-0.15, -0.1) is 4.52 Å². The van der Waals surface area contributed by atoms with Crippen molar-refractivity contribution in [1.82, 2.24) is 0 Å². The molecule has 1 unspecified atom stereocenters. The summed E-state index contributed by atoms with van der Waals surface area (Å²) in [5, 5.41) is 0. The van der Waals surface area contributed by atoms with Crippen molar-refractivity contribution in [3.8, 4) is 68.2 Å². The van der Waals surface area contributed by atoms with Gasteiger partial charge in [-0.2, -0.15) is 8.62 Å². The normalized spacial score (nSPS) is 14.8. The number of ether oxygens (including phenoxy) is 1. The fourth-order valence-electron chi connectivity index (χ4n) is 6.92. The molecule has 0 saturated heterocycles. The summed E-state index contributed by atoms with van der Waals surface area (Å²) >= 11 is 0. The summed E-state index contributed by atoms with van der Waals surface area (Å²) in [6, 6.07) is 61.7. The smallest absolute Gasteiger partial charge is 0.496 e. The van der Waals surface area contributed by atoms with Crippen LogP contribution in [0.1, 0.15) is 0 Å². The summed E-state index contributed by atoms with van der Waals surface area (Å²) in [7, 11) is -20.8. The Morgan fingerprint density at radius 3 is 1.20 bits per heavy atom. The van der Waals surface area contributed by atoms with Crippen molar-refractivity contribution in [2.75, 3.05) is 7.11 Å². The van der Waals surface area contributed by atoms with E-state index in [4.69, 9.17) is 58.6 Å². The number of rotatable bonds is 16. The molecule has 0 aliphatic carbocycles. The Morgan fingerprint density at radius 2 is 0.783 bits per heavy atom. The molecule has 2 aliphatic rings. The first-order valence-corrected chi connectivity index (χ1v) is 28.2. The molecule has 1 atom stereocenters. The number of phosphoric acid groups is 2. The highest BCUT2D eigenvalue weighted by Crippen LogP contribution is 2.83. The van der Waals surface area contributed by atoms with Crippen LogP contribution in [0.3, 0.4) is 0 Å². The van der Waals surface area contributed by atoms with E-state index in [9.17, 15) is 0 Å². The Labute approximate surface area is 398 Å². The summed E-state index contributed by atoms with van der Waals surface area (Å²) in [5.74, 6) is 1.73. The van der Waals surface area contributed by atoms with E-state index in [1.165, 1.54) is 0 Å². The van der Waals surface area contributed by atoms with Crippen LogP contribution < -0.4 is 36.4 Å². The lowest BCUT2D eigenvalue weighted by Crippen LogP contribution is -2.10. The molecule has 1 spiro atoms. The molecule has 8 aromatic carbocycles. The highest BCUT2D eigenvalue weighted by atomic mass is 31.3. The Hall–Kier alpha value is -6.90. The van der Waals surface area contributed by atoms with Gasteiger partial charge in [0.25, 0.3) is 0 Å². The van der Waals surface area contributed by atoms with Crippen LogP contribution in [0, 0.1) is 0 Å². The van der Waals surface area contributed by atoms with E-state index in [0.29, 0.717) is 39.5 Å². The first kappa shape index (κ1) is 45.9. The summed E-state index contributed by atoms with van der Waals surface area (Å²) in [6.45, 7) is 0. The van der Waals surface area contributed by atoms with Gasteiger partial charge in [0.15, 0.2) is 5.75 Å². The summed E-state index contributed by atoms with van der Waals surface area (Å²) < 4.78 is 111. The zero-order valence-electron chi connectivity index (χ0n) is 36.3. The van der Waals surface area contributed by atoms with Crippen molar-refractivity contribution in [3.63, 3.8) is 0 Å². The summed E-state index contributed by atoms with van der Waals surface area (Å²) in [4.78, 5) is 0. The molecule has 346 valence electrons. The van der Waals surface area contributed by atoms with E-state index in [0.717, 1.165) is 0 Å². The number of hydrogen-bond acceptors (Lipinski definition) is 15. The van der Waals surface area contributed by atoms with E-state index in [-0.39, 0.29) is 28.7 Å². The highest BCUT2D eigenvalue weighted by molar-refractivity contribution is 7.80. The topological polar surface area (TPSA) is 164 Å². The molecule has 0 aromatic heterocycles. The van der Waals surface area contributed by atoms with Crippen LogP contribution in [0.25, 0.3) is 22.3 Å². The molecule has 15 nitrogen and oxygen atoms in total. The quantitative estimate of drug-likeness (QED) is 0.0843. The van der Waals surface area contributed by atoms with Gasteiger partial charge in [0.05, 0.1) is 16.1 Å². The van der Waals surface area contributed by atoms with Crippen LogP contribution in [0.5, 0.6) is 46.0 Å². The number of hydrogen-bond donors (Lipinski definition) is 0. The van der Waals surface area contributed by atoms with E-state index in [1.54, 1.807) is 165 Å². The summed E-state index contributed by atoms with van der Waals surface area (Å²) in [5.41, 5.74) is 2.57. The zero-order chi connectivity index (χ0) is 47.2. The number of fused-ring (bicyclic) bond motifs is 3. The Morgan fingerprint density at radius 1 is 0.435 bits per heavy atom. The maximum absolute atomic E-state index is 15.8. The Bertz CT molecular complexity index is 3120. The number of para-hydroxylation sites is 8. The van der Waals surface area contributed by atoms with Gasteiger partial charge in [-0.1, -0.05) is 146 Å². The number of phosphoric ester groups is 2. The standard InChI is InChI=1S/C49H39N3O12P5/c1-55-46-34-18-14-30-42(46)43-31-15-19-35-47(43)56-65-50-66(61-48-36-20-16-32-44(48)45-33-17-21-37-49(45)62-66)52-67(51-65,63-68(53,57-38-22-6-2-7-23-38)58-39-24-8-3-9-25-39)64-69(54,59-40-26-10-4-11-27-40)60-41-28-12-5-13-29-41/h2-37H,1H3/q+1. The minimum atomic E-state index is -5.13. The minimum absolute atomic E-state index is 0.0689. The molecule has 0 saturated carbocycles. The van der Waals surface area contributed by atoms with Gasteiger partial charge in [0, 0.05) is 22.3 Å². The van der Waals surface area contributed by atoms with Crippen LogP contribution in [0.15, 0.2) is 232 Å². The van der Waals surface area contributed by atoms with Crippen molar-refractivity contribution in [1.29, 1.82) is 0 Å². The molecule has 2 aliphatic heterocycles. The van der Waals surface area contributed by atoms with Crippen LogP contribution in [0.2, 0.25) is 0 Å². The lowest BCUT2D eigenvalue weighted by atomic mass is 10.0. The molecular formula is C49H39N3O12P5+. The fourth-order valence-corrected chi connectivity index (χ4v) is 19.4. The third-order valence-electron chi connectivity index (χ3n) is 9.82. The molecule has 8 aromatic rings. The molecule has 69 heavy (non-hydrogen) atoms. The van der Waals surface area contributed by atoms with Gasteiger partial charge in [0.2, 0.25) is 0 Å². The van der Waals surface area contributed by atoms with Crippen LogP contribution in [-0.4, -0.2) is 7.11 Å². The maximum atomic E-state index is 15.8. The van der Waals surface area contributed by atoms with Crippen LogP contribution in [0.4, 0.5) is 0 Å². The lowest BCUT2D eigenvalue weighted by molar-refractivity contribution is 0.272. The molecule has 0 bridgehead atoms. The molecule has 0 amide bonds. The SMILES string of the molecule is COc1ccccc1-c1ccccc1O[P+]1=NP2(=NP(OP(=O)(Oc3ccccc3)Oc3ccccc3)(OP(=O)(Oc3ccccc3)Oc3ccccc3)=N1)Oc1ccccc1-c1ccccc1O2. The van der Waals surface area contributed by atoms with Gasteiger partial charge in [0.1, 0.15) is 40.2 Å². The van der Waals surface area contributed by atoms with E-state index >= 15 is 9.13 Å². The second kappa shape index (κ2) is 20.0. The third-order valence-corrected chi connectivity index (χ3v) is 20.9. The van der Waals surface area contributed by atoms with Crippen molar-refractivity contribution in [2.45, 2.75) is 0 Å². The van der Waals surface area contributed by atoms with Gasteiger partial charge in [-0.25, -0.2) is 13.7 Å². The van der Waals surface area contributed by atoms with Gasteiger partial charge < -0.3 is 31.9 Å². The third kappa shape index (κ3) is 10.7. The molecule has 10 rings (SSSR count). The number of nitrogens with zero attached hydrogens (tertiary/aromatic N) is 3. The molecule has 0 N–H and O–H groups in total. The number of benzene rings is 8. The van der Waals surface area contributed by atoms with Gasteiger partial charge >= 0.3 is 39.1 Å². The molecule has 0 fully saturated rings. The predicted octanol–water partition coefficient (Wildman–Crippen LogP) is 16.8. The van der Waals surface area contributed by atoms with E-state index in [2.05, 4.69) is 0 Å². The first-order chi connectivity index (χ1) is 33.7. The highest BCUT2D eigenvalue weighted by Gasteiger charge is 2.57. The fraction of sp³-hybridized carbons (Fsp3) is 0.0204. The second-order valence-electron chi connectivity index (χ2n) is 14.6.